The molecule has 1 atom stereocenters. The molecule has 0 fully saturated rings. The van der Waals surface area contributed by atoms with Crippen molar-refractivity contribution in [3.63, 3.8) is 0 Å². The first kappa shape index (κ1) is 24.5. The average molecular weight is 472 g/mol. The van der Waals surface area contributed by atoms with Gasteiger partial charge in [-0.2, -0.15) is 0 Å². The smallest absolute Gasteiger partial charge is 0.258 e. The van der Waals surface area contributed by atoms with Crippen LogP contribution in [0.3, 0.4) is 0 Å². The van der Waals surface area contributed by atoms with Gasteiger partial charge in [0.1, 0.15) is 5.75 Å². The van der Waals surface area contributed by atoms with Gasteiger partial charge in [0.05, 0.1) is 12.8 Å². The van der Waals surface area contributed by atoms with E-state index in [-0.39, 0.29) is 17.9 Å². The number of fused-ring (bicyclic) bond motifs is 1. The number of aryl methyl sites for hydroxylation is 2. The summed E-state index contributed by atoms with van der Waals surface area (Å²) in [6, 6.07) is 19.2. The van der Waals surface area contributed by atoms with E-state index in [0.717, 1.165) is 24.1 Å². The minimum atomic E-state index is -0.216. The molecule has 3 aromatic carbocycles. The number of rotatable bonds is 5. The maximum Gasteiger partial charge on any atom is 0.258 e. The fraction of sp³-hybridized carbons (Fsp3) is 0.310. The van der Waals surface area contributed by atoms with Gasteiger partial charge in [0.2, 0.25) is 0 Å². The van der Waals surface area contributed by atoms with Gasteiger partial charge in [-0.1, -0.05) is 35.9 Å². The molecule has 1 N–H and O–H groups in total. The van der Waals surface area contributed by atoms with Crippen molar-refractivity contribution >= 4 is 23.2 Å². The third-order valence-electron chi connectivity index (χ3n) is 6.65. The number of methoxy groups -OCH3 is 1. The average Bonchev–Trinajstić information content (AvgIpc) is 3.03. The first-order valence-electron chi connectivity index (χ1n) is 11.9. The molecule has 0 aliphatic carbocycles. The monoisotopic (exact) mass is 471 g/mol. The van der Waals surface area contributed by atoms with Gasteiger partial charge in [-0.05, 0) is 82.2 Å². The number of carbonyl (C=O) groups excluding carboxylic acids is 2. The van der Waals surface area contributed by atoms with Crippen LogP contribution < -0.4 is 15.0 Å². The number of hydrogen-bond acceptors (Lipinski definition) is 4. The van der Waals surface area contributed by atoms with Gasteiger partial charge in [-0.25, -0.2) is 0 Å². The van der Waals surface area contributed by atoms with Crippen LogP contribution in [-0.2, 0) is 0 Å². The number of carbonyl (C=O) groups is 2. The van der Waals surface area contributed by atoms with Crippen LogP contribution in [0.4, 0.5) is 11.4 Å². The lowest BCUT2D eigenvalue weighted by Gasteiger charge is -2.27. The van der Waals surface area contributed by atoms with Gasteiger partial charge in [0.25, 0.3) is 11.8 Å². The van der Waals surface area contributed by atoms with Crippen molar-refractivity contribution in [2.24, 2.45) is 0 Å². The summed E-state index contributed by atoms with van der Waals surface area (Å²) >= 11 is 0. The van der Waals surface area contributed by atoms with Crippen molar-refractivity contribution in [2.45, 2.75) is 32.7 Å². The Hall–Kier alpha value is -3.64. The van der Waals surface area contributed by atoms with Crippen molar-refractivity contribution in [3.05, 3.63) is 88.5 Å². The van der Waals surface area contributed by atoms with E-state index in [9.17, 15) is 9.59 Å². The van der Waals surface area contributed by atoms with E-state index in [2.05, 4.69) is 49.4 Å². The van der Waals surface area contributed by atoms with Crippen molar-refractivity contribution in [1.82, 2.24) is 4.90 Å². The highest BCUT2D eigenvalue weighted by atomic mass is 16.5. The van der Waals surface area contributed by atoms with Crippen molar-refractivity contribution in [1.29, 1.82) is 0 Å². The summed E-state index contributed by atoms with van der Waals surface area (Å²) in [6.07, 6.45) is 1.89. The predicted molar refractivity (Wildman–Crippen MR) is 141 cm³/mol. The number of amides is 2. The van der Waals surface area contributed by atoms with Crippen LogP contribution in [0, 0.1) is 13.8 Å². The van der Waals surface area contributed by atoms with Gasteiger partial charge in [-0.3, -0.25) is 9.59 Å². The van der Waals surface area contributed by atoms with E-state index in [1.807, 2.05) is 30.0 Å². The van der Waals surface area contributed by atoms with Crippen molar-refractivity contribution in [3.8, 4) is 5.75 Å². The molecule has 6 nitrogen and oxygen atoms in total. The maximum absolute atomic E-state index is 13.7. The number of ether oxygens (including phenoxy) is 1. The van der Waals surface area contributed by atoms with E-state index in [1.54, 1.807) is 31.4 Å². The normalized spacial score (nSPS) is 15.4. The fourth-order valence-electron chi connectivity index (χ4n) is 4.75. The summed E-state index contributed by atoms with van der Waals surface area (Å²) < 4.78 is 5.56. The Morgan fingerprint density at radius 1 is 1.03 bits per heavy atom. The van der Waals surface area contributed by atoms with Gasteiger partial charge in [0.15, 0.2) is 0 Å². The molecule has 0 aromatic heterocycles. The van der Waals surface area contributed by atoms with Crippen LogP contribution in [0.5, 0.6) is 5.75 Å². The van der Waals surface area contributed by atoms with Crippen LogP contribution >= 0.6 is 0 Å². The first-order chi connectivity index (χ1) is 16.8. The predicted octanol–water partition coefficient (Wildman–Crippen LogP) is 5.61. The summed E-state index contributed by atoms with van der Waals surface area (Å²) in [4.78, 5) is 30.6. The molecule has 1 aliphatic rings. The zero-order valence-corrected chi connectivity index (χ0v) is 21.1. The van der Waals surface area contributed by atoms with Crippen molar-refractivity contribution < 1.29 is 14.3 Å². The quantitative estimate of drug-likeness (QED) is 0.526. The molecule has 2 amide bonds. The van der Waals surface area contributed by atoms with Gasteiger partial charge in [0, 0.05) is 29.4 Å². The molecule has 0 bridgehead atoms. The van der Waals surface area contributed by atoms with Gasteiger partial charge >= 0.3 is 0 Å². The molecule has 35 heavy (non-hydrogen) atoms. The molecule has 0 saturated heterocycles. The Balaban J connectivity index is 1.64. The number of anilines is 2. The molecule has 0 saturated carbocycles. The molecule has 1 heterocycles. The summed E-state index contributed by atoms with van der Waals surface area (Å²) in [5.74, 6) is 0.152. The van der Waals surface area contributed by atoms with E-state index in [0.29, 0.717) is 29.1 Å². The topological polar surface area (TPSA) is 61.9 Å². The van der Waals surface area contributed by atoms with E-state index < -0.39 is 0 Å². The summed E-state index contributed by atoms with van der Waals surface area (Å²) in [6.45, 7) is 4.63. The third kappa shape index (κ3) is 5.08. The second kappa shape index (κ2) is 10.3. The lowest BCUT2D eigenvalue weighted by molar-refractivity contribution is 0.0985. The van der Waals surface area contributed by atoms with Crippen LogP contribution in [-0.4, -0.2) is 44.5 Å². The van der Waals surface area contributed by atoms with Gasteiger partial charge < -0.3 is 19.9 Å². The summed E-state index contributed by atoms with van der Waals surface area (Å²) in [7, 11) is 5.71. The molecule has 0 radical (unpaired) electrons. The number of benzene rings is 3. The standard InChI is InChI=1S/C29H33N3O3/c1-19-12-15-26-23(17-19)25(31(3)4)11-8-16-32(26)29(34)21-13-14-24(27(18-21)35-5)30-28(33)22-10-7-6-9-20(22)2/h6-7,9-10,12-15,17-18,25H,8,11,16H2,1-5H3,(H,30,33). The SMILES string of the molecule is COc1cc(C(=O)N2CCCC(N(C)C)c3cc(C)ccc32)ccc1NC(=O)c1ccccc1C. The third-order valence-corrected chi connectivity index (χ3v) is 6.65. The molecule has 1 unspecified atom stereocenters. The largest absolute Gasteiger partial charge is 0.495 e. The molecule has 4 rings (SSSR count). The maximum atomic E-state index is 13.7. The molecule has 0 spiro atoms. The lowest BCUT2D eigenvalue weighted by Crippen LogP contribution is -2.32. The highest BCUT2D eigenvalue weighted by molar-refractivity contribution is 6.09. The number of nitrogens with zero attached hydrogens (tertiary/aromatic N) is 2. The van der Waals surface area contributed by atoms with Crippen LogP contribution in [0.1, 0.15) is 56.3 Å². The van der Waals surface area contributed by atoms with Crippen molar-refractivity contribution in [2.75, 3.05) is 38.0 Å². The molecule has 182 valence electrons. The Labute approximate surface area is 207 Å². The second-order valence-electron chi connectivity index (χ2n) is 9.32. The highest BCUT2D eigenvalue weighted by Gasteiger charge is 2.28. The lowest BCUT2D eigenvalue weighted by atomic mass is 9.98. The molecule has 1 aliphatic heterocycles. The minimum absolute atomic E-state index is 0.0791. The number of nitrogens with one attached hydrogen (secondary N) is 1. The second-order valence-corrected chi connectivity index (χ2v) is 9.32. The zero-order valence-electron chi connectivity index (χ0n) is 21.1. The van der Waals surface area contributed by atoms with E-state index >= 15 is 0 Å². The van der Waals surface area contributed by atoms with Crippen LogP contribution in [0.25, 0.3) is 0 Å². The minimum Gasteiger partial charge on any atom is -0.495 e. The molecular formula is C29H33N3O3. The van der Waals surface area contributed by atoms with Crippen LogP contribution in [0.15, 0.2) is 60.7 Å². The van der Waals surface area contributed by atoms with E-state index in [1.165, 1.54) is 11.1 Å². The molecular weight excluding hydrogens is 438 g/mol. The van der Waals surface area contributed by atoms with E-state index in [4.69, 9.17) is 4.74 Å². The first-order valence-corrected chi connectivity index (χ1v) is 11.9. The summed E-state index contributed by atoms with van der Waals surface area (Å²) in [5, 5.41) is 2.92. The summed E-state index contributed by atoms with van der Waals surface area (Å²) in [5.41, 5.74) is 5.84. The zero-order chi connectivity index (χ0) is 25.1. The fourth-order valence-corrected chi connectivity index (χ4v) is 4.75. The molecule has 6 heteroatoms. The Morgan fingerprint density at radius 3 is 2.51 bits per heavy atom. The van der Waals surface area contributed by atoms with Gasteiger partial charge in [-0.15, -0.1) is 0 Å². The van der Waals surface area contributed by atoms with Crippen LogP contribution in [0.2, 0.25) is 0 Å². The Morgan fingerprint density at radius 2 is 1.80 bits per heavy atom. The Kier molecular flexibility index (Phi) is 7.22. The highest BCUT2D eigenvalue weighted by Crippen LogP contribution is 2.37. The molecule has 3 aromatic rings. The number of hydrogen-bond donors (Lipinski definition) is 1. The Bertz CT molecular complexity index is 1250.